The molecule has 0 heterocycles. The third-order valence-electron chi connectivity index (χ3n) is 3.86. The van der Waals surface area contributed by atoms with Crippen LogP contribution in [0.4, 0.5) is 0 Å². The number of carbonyl (C=O) groups is 2. The Kier molecular flexibility index (Phi) is 9.48. The van der Waals surface area contributed by atoms with Crippen LogP contribution >= 0.6 is 0 Å². The van der Waals surface area contributed by atoms with Gasteiger partial charge < -0.3 is 9.84 Å². The van der Waals surface area contributed by atoms with Gasteiger partial charge in [0, 0.05) is 0 Å². The number of carboxylic acid groups (broad SMARTS) is 1. The number of carboxylic acids is 1. The van der Waals surface area contributed by atoms with Crippen molar-refractivity contribution < 1.29 is 19.4 Å². The molecule has 4 heteroatoms. The van der Waals surface area contributed by atoms with E-state index >= 15 is 0 Å². The van der Waals surface area contributed by atoms with E-state index in [1.165, 1.54) is 0 Å². The molecule has 0 spiro atoms. The first-order chi connectivity index (χ1) is 10.4. The molecular weight excluding hydrogens is 292 g/mol. The minimum Gasteiger partial charge on any atom is -0.481 e. The van der Waals surface area contributed by atoms with Gasteiger partial charge in [0.25, 0.3) is 0 Å². The largest absolute Gasteiger partial charge is 0.481 e. The summed E-state index contributed by atoms with van der Waals surface area (Å²) in [4.78, 5) is 24.2. The van der Waals surface area contributed by atoms with Gasteiger partial charge in [-0.05, 0) is 30.1 Å². The minimum absolute atomic E-state index is 0.116. The van der Waals surface area contributed by atoms with Crippen LogP contribution in [0.1, 0.15) is 74.1 Å². The molecule has 0 aliphatic rings. The lowest BCUT2D eigenvalue weighted by Crippen LogP contribution is -2.33. The molecule has 0 aromatic heterocycles. The first kappa shape index (κ1) is 21.9. The minimum atomic E-state index is -0.882. The molecule has 0 bridgehead atoms. The summed E-state index contributed by atoms with van der Waals surface area (Å²) in [6.07, 6.45) is 2.75. The van der Waals surface area contributed by atoms with Crippen molar-refractivity contribution in [1.29, 1.82) is 0 Å². The van der Waals surface area contributed by atoms with Crippen LogP contribution in [-0.2, 0) is 14.3 Å². The van der Waals surface area contributed by atoms with Crippen LogP contribution < -0.4 is 0 Å². The van der Waals surface area contributed by atoms with Crippen molar-refractivity contribution in [3.05, 3.63) is 0 Å². The number of hydrogen-bond acceptors (Lipinski definition) is 3. The Bertz CT molecular complexity index is 366. The van der Waals surface area contributed by atoms with Crippen LogP contribution in [0.5, 0.6) is 0 Å². The summed E-state index contributed by atoms with van der Waals surface area (Å²) >= 11 is 0. The highest BCUT2D eigenvalue weighted by Crippen LogP contribution is 2.28. The van der Waals surface area contributed by atoms with Crippen molar-refractivity contribution in [3.63, 3.8) is 0 Å². The highest BCUT2D eigenvalue weighted by molar-refractivity contribution is 5.81. The molecule has 2 unspecified atom stereocenters. The van der Waals surface area contributed by atoms with E-state index in [0.29, 0.717) is 31.3 Å². The van der Waals surface area contributed by atoms with Crippen molar-refractivity contribution >= 4 is 11.9 Å². The quantitative estimate of drug-likeness (QED) is 0.587. The molecule has 0 radical (unpaired) electrons. The Morgan fingerprint density at radius 1 is 0.870 bits per heavy atom. The number of aliphatic carboxylic acids is 1. The molecule has 0 rings (SSSR count). The predicted molar refractivity (Wildman–Crippen MR) is 93.2 cm³/mol. The fourth-order valence-electron chi connectivity index (χ4n) is 2.40. The summed E-state index contributed by atoms with van der Waals surface area (Å²) in [7, 11) is 0. The van der Waals surface area contributed by atoms with E-state index in [-0.39, 0.29) is 11.4 Å². The van der Waals surface area contributed by atoms with E-state index in [1.54, 1.807) is 0 Å². The van der Waals surface area contributed by atoms with E-state index in [2.05, 4.69) is 27.7 Å². The summed E-state index contributed by atoms with van der Waals surface area (Å²) in [5.74, 6) is -1.57. The van der Waals surface area contributed by atoms with Gasteiger partial charge in [0.15, 0.2) is 0 Å². The van der Waals surface area contributed by atoms with E-state index < -0.39 is 17.8 Å². The SMILES string of the molecule is CC(C)CCC(C(=O)O)C(CCC(C)C)C(=O)OCC(C)(C)C. The molecule has 0 saturated heterocycles. The molecule has 23 heavy (non-hydrogen) atoms. The molecule has 0 amide bonds. The van der Waals surface area contributed by atoms with Crippen LogP contribution in [0, 0.1) is 29.1 Å². The van der Waals surface area contributed by atoms with Gasteiger partial charge >= 0.3 is 11.9 Å². The fourth-order valence-corrected chi connectivity index (χ4v) is 2.40. The average Bonchev–Trinajstić information content (AvgIpc) is 2.37. The molecule has 0 aromatic carbocycles. The Balaban J connectivity index is 5.04. The van der Waals surface area contributed by atoms with Gasteiger partial charge in [-0.25, -0.2) is 0 Å². The van der Waals surface area contributed by atoms with Gasteiger partial charge in [-0.2, -0.15) is 0 Å². The second-order valence-corrected chi connectivity index (χ2v) is 8.66. The molecule has 2 atom stereocenters. The first-order valence-electron chi connectivity index (χ1n) is 8.83. The smallest absolute Gasteiger partial charge is 0.309 e. The van der Waals surface area contributed by atoms with Crippen LogP contribution in [-0.4, -0.2) is 23.7 Å². The maximum absolute atomic E-state index is 12.5. The fraction of sp³-hybridized carbons (Fsp3) is 0.895. The van der Waals surface area contributed by atoms with Crippen LogP contribution in [0.15, 0.2) is 0 Å². The van der Waals surface area contributed by atoms with E-state index in [4.69, 9.17) is 4.74 Å². The van der Waals surface area contributed by atoms with Crippen molar-refractivity contribution in [2.75, 3.05) is 6.61 Å². The monoisotopic (exact) mass is 328 g/mol. The predicted octanol–water partition coefficient (Wildman–Crippen LogP) is 4.77. The summed E-state index contributed by atoms with van der Waals surface area (Å²) in [6.45, 7) is 14.6. The molecule has 1 N–H and O–H groups in total. The molecule has 0 aliphatic carbocycles. The van der Waals surface area contributed by atoms with Gasteiger partial charge in [0.2, 0.25) is 0 Å². The topological polar surface area (TPSA) is 63.6 Å². The van der Waals surface area contributed by atoms with Crippen molar-refractivity contribution in [2.45, 2.75) is 74.1 Å². The van der Waals surface area contributed by atoms with E-state index in [0.717, 1.165) is 12.8 Å². The molecule has 0 aliphatic heterocycles. The van der Waals surface area contributed by atoms with Gasteiger partial charge in [-0.3, -0.25) is 9.59 Å². The number of rotatable bonds is 10. The molecule has 4 nitrogen and oxygen atoms in total. The van der Waals surface area contributed by atoms with Crippen LogP contribution in [0.2, 0.25) is 0 Å². The summed E-state index contributed by atoms with van der Waals surface area (Å²) < 4.78 is 5.44. The molecule has 0 fully saturated rings. The average molecular weight is 328 g/mol. The molecule has 0 saturated carbocycles. The van der Waals surface area contributed by atoms with E-state index in [9.17, 15) is 14.7 Å². The van der Waals surface area contributed by atoms with Gasteiger partial charge in [-0.15, -0.1) is 0 Å². The maximum Gasteiger partial charge on any atom is 0.309 e. The molecular formula is C19H36O4. The molecule has 136 valence electrons. The summed E-state index contributed by atoms with van der Waals surface area (Å²) in [5, 5.41) is 9.59. The maximum atomic E-state index is 12.5. The Morgan fingerprint density at radius 3 is 1.65 bits per heavy atom. The highest BCUT2D eigenvalue weighted by Gasteiger charge is 2.35. The first-order valence-corrected chi connectivity index (χ1v) is 8.83. The normalized spacial score (nSPS) is 14.8. The lowest BCUT2D eigenvalue weighted by Gasteiger charge is -2.26. The zero-order valence-electron chi connectivity index (χ0n) is 16.0. The summed E-state index contributed by atoms with van der Waals surface area (Å²) in [5.41, 5.74) is -0.116. The van der Waals surface area contributed by atoms with Crippen molar-refractivity contribution in [3.8, 4) is 0 Å². The van der Waals surface area contributed by atoms with Crippen LogP contribution in [0.3, 0.4) is 0 Å². The van der Waals surface area contributed by atoms with Crippen molar-refractivity contribution in [1.82, 2.24) is 0 Å². The molecule has 0 aromatic rings. The Labute approximate surface area is 142 Å². The van der Waals surface area contributed by atoms with Gasteiger partial charge in [0.05, 0.1) is 18.4 Å². The lowest BCUT2D eigenvalue weighted by molar-refractivity contribution is -0.160. The lowest BCUT2D eigenvalue weighted by atomic mass is 9.82. The number of ether oxygens (including phenoxy) is 1. The standard InChI is InChI=1S/C19H36O4/c1-13(2)8-10-15(17(20)21)16(11-9-14(3)4)18(22)23-12-19(5,6)7/h13-16H,8-12H2,1-7H3,(H,20,21). The third kappa shape index (κ3) is 10.4. The van der Waals surface area contributed by atoms with Gasteiger partial charge in [-0.1, -0.05) is 61.3 Å². The Hall–Kier alpha value is -1.06. The number of carbonyl (C=O) groups excluding carboxylic acids is 1. The van der Waals surface area contributed by atoms with Crippen LogP contribution in [0.25, 0.3) is 0 Å². The van der Waals surface area contributed by atoms with Crippen molar-refractivity contribution in [2.24, 2.45) is 29.1 Å². The zero-order valence-corrected chi connectivity index (χ0v) is 16.0. The second-order valence-electron chi connectivity index (χ2n) is 8.66. The van der Waals surface area contributed by atoms with Gasteiger partial charge in [0.1, 0.15) is 0 Å². The Morgan fingerprint density at radius 2 is 1.30 bits per heavy atom. The van der Waals surface area contributed by atoms with E-state index in [1.807, 2.05) is 20.8 Å². The zero-order chi connectivity index (χ0) is 18.2. The second kappa shape index (κ2) is 9.94. The number of esters is 1. The number of hydrogen-bond donors (Lipinski definition) is 1. The summed E-state index contributed by atoms with van der Waals surface area (Å²) in [6, 6.07) is 0. The highest BCUT2D eigenvalue weighted by atomic mass is 16.5. The third-order valence-corrected chi connectivity index (χ3v) is 3.86.